The zero-order chi connectivity index (χ0) is 8.89. The summed E-state index contributed by atoms with van der Waals surface area (Å²) >= 11 is 0. The van der Waals surface area contributed by atoms with E-state index < -0.39 is 0 Å². The van der Waals surface area contributed by atoms with Crippen LogP contribution in [0.5, 0.6) is 0 Å². The lowest BCUT2D eigenvalue weighted by atomic mass is 9.85. The Kier molecular flexibility index (Phi) is 1.72. The average Bonchev–Trinajstić information content (AvgIpc) is 2.80. The lowest BCUT2D eigenvalue weighted by molar-refractivity contribution is 0.0174. The molecule has 13 heavy (non-hydrogen) atoms. The first kappa shape index (κ1) is 8.25. The number of hydrogen-bond acceptors (Lipinski definition) is 2. The molecule has 2 aliphatic carbocycles. The van der Waals surface area contributed by atoms with Gasteiger partial charge in [-0.15, -0.1) is 0 Å². The topological polar surface area (TPSA) is 29.3 Å². The molecule has 1 spiro atoms. The lowest BCUT2D eigenvalue weighted by Gasteiger charge is -2.47. The van der Waals surface area contributed by atoms with Crippen molar-refractivity contribution in [1.29, 1.82) is 0 Å². The van der Waals surface area contributed by atoms with Gasteiger partial charge in [0.15, 0.2) is 0 Å². The highest BCUT2D eigenvalue weighted by Gasteiger charge is 2.53. The van der Waals surface area contributed by atoms with E-state index in [1.807, 2.05) is 0 Å². The lowest BCUT2D eigenvalue weighted by Crippen LogP contribution is -2.55. The van der Waals surface area contributed by atoms with Gasteiger partial charge < -0.3 is 5.73 Å². The molecule has 2 saturated carbocycles. The first-order valence-corrected chi connectivity index (χ1v) is 5.77. The normalized spacial score (nSPS) is 43.2. The molecular weight excluding hydrogens is 160 g/mol. The SMILES string of the molecule is NC1CCCC(N2CC3(CC3)C2)C1. The van der Waals surface area contributed by atoms with Gasteiger partial charge in [0, 0.05) is 25.2 Å². The Bertz CT molecular complexity index is 202. The van der Waals surface area contributed by atoms with Crippen LogP contribution < -0.4 is 5.73 Å². The summed E-state index contributed by atoms with van der Waals surface area (Å²) in [5, 5.41) is 0. The van der Waals surface area contributed by atoms with Gasteiger partial charge in [-0.1, -0.05) is 6.42 Å². The van der Waals surface area contributed by atoms with Crippen LogP contribution in [-0.2, 0) is 0 Å². The largest absolute Gasteiger partial charge is 0.328 e. The summed E-state index contributed by atoms with van der Waals surface area (Å²) in [6, 6.07) is 1.34. The number of rotatable bonds is 1. The zero-order valence-corrected chi connectivity index (χ0v) is 8.34. The van der Waals surface area contributed by atoms with Crippen molar-refractivity contribution in [1.82, 2.24) is 4.90 Å². The van der Waals surface area contributed by atoms with E-state index in [0.29, 0.717) is 6.04 Å². The van der Waals surface area contributed by atoms with Crippen molar-refractivity contribution in [2.45, 2.75) is 50.6 Å². The predicted octanol–water partition coefficient (Wildman–Crippen LogP) is 1.35. The minimum Gasteiger partial charge on any atom is -0.328 e. The minimum absolute atomic E-state index is 0.495. The summed E-state index contributed by atoms with van der Waals surface area (Å²) in [6.07, 6.45) is 8.29. The van der Waals surface area contributed by atoms with Crippen LogP contribution in [0.4, 0.5) is 0 Å². The van der Waals surface area contributed by atoms with E-state index in [0.717, 1.165) is 11.5 Å². The Labute approximate surface area is 80.5 Å². The Morgan fingerprint density at radius 2 is 1.92 bits per heavy atom. The molecule has 1 saturated heterocycles. The van der Waals surface area contributed by atoms with Crippen LogP contribution in [0.2, 0.25) is 0 Å². The number of nitrogens with zero attached hydrogens (tertiary/aromatic N) is 1. The second-order valence-corrected chi connectivity index (χ2v) is 5.49. The highest BCUT2D eigenvalue weighted by atomic mass is 15.2. The molecule has 0 aromatic heterocycles. The molecule has 2 unspecified atom stereocenters. The standard InChI is InChI=1S/C11H20N2/c12-9-2-1-3-10(6-9)13-7-11(8-13)4-5-11/h9-10H,1-8,12H2. The second-order valence-electron chi connectivity index (χ2n) is 5.49. The van der Waals surface area contributed by atoms with Crippen LogP contribution >= 0.6 is 0 Å². The average molecular weight is 180 g/mol. The van der Waals surface area contributed by atoms with Crippen molar-refractivity contribution in [2.24, 2.45) is 11.1 Å². The van der Waals surface area contributed by atoms with E-state index in [4.69, 9.17) is 5.73 Å². The van der Waals surface area contributed by atoms with Gasteiger partial charge in [-0.3, -0.25) is 4.90 Å². The third-order valence-electron chi connectivity index (χ3n) is 4.24. The zero-order valence-electron chi connectivity index (χ0n) is 8.34. The second kappa shape index (κ2) is 2.71. The Hall–Kier alpha value is -0.0800. The molecule has 74 valence electrons. The van der Waals surface area contributed by atoms with Crippen LogP contribution in [0.1, 0.15) is 38.5 Å². The van der Waals surface area contributed by atoms with E-state index in [2.05, 4.69) is 4.90 Å². The van der Waals surface area contributed by atoms with Crippen LogP contribution in [0.25, 0.3) is 0 Å². The highest BCUT2D eigenvalue weighted by Crippen LogP contribution is 2.54. The van der Waals surface area contributed by atoms with Crippen LogP contribution in [0.3, 0.4) is 0 Å². The van der Waals surface area contributed by atoms with Crippen LogP contribution in [0, 0.1) is 5.41 Å². The first-order valence-electron chi connectivity index (χ1n) is 5.77. The van der Waals surface area contributed by atoms with Gasteiger partial charge in [-0.05, 0) is 37.5 Å². The fourth-order valence-corrected chi connectivity index (χ4v) is 3.10. The van der Waals surface area contributed by atoms with E-state index in [9.17, 15) is 0 Å². The van der Waals surface area contributed by atoms with Crippen LogP contribution in [-0.4, -0.2) is 30.1 Å². The third-order valence-corrected chi connectivity index (χ3v) is 4.24. The summed E-state index contributed by atoms with van der Waals surface area (Å²) in [4.78, 5) is 2.69. The molecule has 0 amide bonds. The predicted molar refractivity (Wildman–Crippen MR) is 53.5 cm³/mol. The number of nitrogens with two attached hydrogens (primary N) is 1. The van der Waals surface area contributed by atoms with Gasteiger partial charge in [-0.2, -0.15) is 0 Å². The summed E-state index contributed by atoms with van der Waals surface area (Å²) in [5.41, 5.74) is 6.82. The maximum absolute atomic E-state index is 6.00. The quantitative estimate of drug-likeness (QED) is 0.660. The molecule has 2 nitrogen and oxygen atoms in total. The van der Waals surface area contributed by atoms with Crippen molar-refractivity contribution < 1.29 is 0 Å². The van der Waals surface area contributed by atoms with Gasteiger partial charge >= 0.3 is 0 Å². The molecule has 3 fully saturated rings. The van der Waals surface area contributed by atoms with Gasteiger partial charge in [0.05, 0.1) is 0 Å². The molecule has 1 aliphatic heterocycles. The highest BCUT2D eigenvalue weighted by molar-refractivity contribution is 5.07. The summed E-state index contributed by atoms with van der Waals surface area (Å²) in [5.74, 6) is 0. The Morgan fingerprint density at radius 3 is 2.54 bits per heavy atom. The summed E-state index contributed by atoms with van der Waals surface area (Å²) < 4.78 is 0. The molecule has 2 heteroatoms. The molecule has 3 rings (SSSR count). The van der Waals surface area contributed by atoms with E-state index in [-0.39, 0.29) is 0 Å². The maximum atomic E-state index is 6.00. The molecule has 0 bridgehead atoms. The summed E-state index contributed by atoms with van der Waals surface area (Å²) in [6.45, 7) is 2.79. The Balaban J connectivity index is 1.54. The third kappa shape index (κ3) is 1.40. The van der Waals surface area contributed by atoms with Crippen molar-refractivity contribution in [3.8, 4) is 0 Å². The molecule has 0 radical (unpaired) electrons. The maximum Gasteiger partial charge on any atom is 0.0110 e. The number of hydrogen-bond donors (Lipinski definition) is 1. The fraction of sp³-hybridized carbons (Fsp3) is 1.00. The molecule has 0 aromatic rings. The molecular formula is C11H20N2. The van der Waals surface area contributed by atoms with E-state index in [1.165, 1.54) is 51.6 Å². The number of likely N-dealkylation sites (tertiary alicyclic amines) is 1. The fourth-order valence-electron chi connectivity index (χ4n) is 3.10. The molecule has 0 aromatic carbocycles. The monoisotopic (exact) mass is 180 g/mol. The minimum atomic E-state index is 0.495. The van der Waals surface area contributed by atoms with E-state index in [1.54, 1.807) is 0 Å². The van der Waals surface area contributed by atoms with Crippen molar-refractivity contribution in [2.75, 3.05) is 13.1 Å². The Morgan fingerprint density at radius 1 is 1.15 bits per heavy atom. The molecule has 1 heterocycles. The molecule has 2 N–H and O–H groups in total. The first-order chi connectivity index (χ1) is 6.27. The molecule has 2 atom stereocenters. The van der Waals surface area contributed by atoms with Gasteiger partial charge in [0.1, 0.15) is 0 Å². The summed E-state index contributed by atoms with van der Waals surface area (Å²) in [7, 11) is 0. The van der Waals surface area contributed by atoms with Crippen molar-refractivity contribution >= 4 is 0 Å². The van der Waals surface area contributed by atoms with Crippen LogP contribution in [0.15, 0.2) is 0 Å². The molecule has 3 aliphatic rings. The van der Waals surface area contributed by atoms with Gasteiger partial charge in [0.25, 0.3) is 0 Å². The van der Waals surface area contributed by atoms with Crippen molar-refractivity contribution in [3.63, 3.8) is 0 Å². The van der Waals surface area contributed by atoms with Gasteiger partial charge in [-0.25, -0.2) is 0 Å². The van der Waals surface area contributed by atoms with Crippen molar-refractivity contribution in [3.05, 3.63) is 0 Å². The smallest absolute Gasteiger partial charge is 0.0110 e. The van der Waals surface area contributed by atoms with E-state index >= 15 is 0 Å². The van der Waals surface area contributed by atoms with Gasteiger partial charge in [0.2, 0.25) is 0 Å².